The van der Waals surface area contributed by atoms with E-state index in [1.807, 2.05) is 24.3 Å². The summed E-state index contributed by atoms with van der Waals surface area (Å²) < 4.78 is 0. The molecule has 0 bridgehead atoms. The number of aromatic amines is 1. The van der Waals surface area contributed by atoms with Gasteiger partial charge in [0.05, 0.1) is 30.0 Å². The number of piperidine rings is 1. The minimum absolute atomic E-state index is 0.0351. The maximum atomic E-state index is 12.4. The Labute approximate surface area is 162 Å². The molecule has 3 aromatic rings. The van der Waals surface area contributed by atoms with Crippen molar-refractivity contribution in [2.45, 2.75) is 18.8 Å². The van der Waals surface area contributed by atoms with E-state index in [0.717, 1.165) is 42.8 Å². The molecule has 28 heavy (non-hydrogen) atoms. The van der Waals surface area contributed by atoms with Gasteiger partial charge in [0, 0.05) is 11.3 Å². The fourth-order valence-corrected chi connectivity index (χ4v) is 3.86. The summed E-state index contributed by atoms with van der Waals surface area (Å²) in [6.07, 6.45) is 2.15. The Bertz CT molecular complexity index is 962. The van der Waals surface area contributed by atoms with Crippen LogP contribution in [-0.2, 0) is 4.79 Å². The van der Waals surface area contributed by atoms with Gasteiger partial charge in [-0.3, -0.25) is 9.59 Å². The lowest BCUT2D eigenvalue weighted by atomic mass is 9.97. The van der Waals surface area contributed by atoms with Crippen molar-refractivity contribution in [3.63, 3.8) is 0 Å². The van der Waals surface area contributed by atoms with Gasteiger partial charge < -0.3 is 20.9 Å². The van der Waals surface area contributed by atoms with Crippen molar-refractivity contribution >= 4 is 28.5 Å². The number of aromatic nitrogens is 2. The molecule has 2 atom stereocenters. The van der Waals surface area contributed by atoms with Gasteiger partial charge in [-0.1, -0.05) is 12.1 Å². The predicted octanol–water partition coefficient (Wildman–Crippen LogP) is 1.06. The first-order valence-corrected chi connectivity index (χ1v) is 9.56. The van der Waals surface area contributed by atoms with Crippen molar-refractivity contribution in [2.24, 2.45) is 5.73 Å². The van der Waals surface area contributed by atoms with Crippen LogP contribution in [0.4, 0.5) is 5.69 Å². The number of primary amides is 1. The maximum Gasteiger partial charge on any atom is 0.279 e. The Balaban J connectivity index is 1.36. The first-order valence-electron chi connectivity index (χ1n) is 9.56. The number of quaternary nitrogens is 1. The van der Waals surface area contributed by atoms with E-state index in [-0.39, 0.29) is 5.91 Å². The van der Waals surface area contributed by atoms with Crippen molar-refractivity contribution in [1.29, 1.82) is 0 Å². The minimum atomic E-state index is -0.479. The van der Waals surface area contributed by atoms with Gasteiger partial charge >= 0.3 is 0 Å². The number of para-hydroxylation sites is 2. The molecule has 1 aromatic heterocycles. The van der Waals surface area contributed by atoms with Crippen molar-refractivity contribution in [3.05, 3.63) is 59.9 Å². The van der Waals surface area contributed by atoms with Crippen LogP contribution in [-0.4, -0.2) is 41.4 Å². The molecule has 7 heteroatoms. The highest BCUT2D eigenvalue weighted by Crippen LogP contribution is 2.22. The number of hydrogen-bond acceptors (Lipinski definition) is 3. The van der Waals surface area contributed by atoms with Crippen LogP contribution in [0.5, 0.6) is 0 Å². The molecule has 0 aliphatic carbocycles. The highest BCUT2D eigenvalue weighted by Gasteiger charge is 2.28. The van der Waals surface area contributed by atoms with Gasteiger partial charge in [0.1, 0.15) is 5.82 Å². The molecule has 0 spiro atoms. The first kappa shape index (κ1) is 18.2. The second-order valence-corrected chi connectivity index (χ2v) is 7.35. The molecule has 2 aromatic carbocycles. The van der Waals surface area contributed by atoms with E-state index in [4.69, 9.17) is 10.7 Å². The zero-order valence-corrected chi connectivity index (χ0v) is 15.6. The summed E-state index contributed by atoms with van der Waals surface area (Å²) in [5, 5.41) is 2.90. The molecular formula is C21H24N5O2+. The van der Waals surface area contributed by atoms with Crippen LogP contribution < -0.4 is 16.0 Å². The summed E-state index contributed by atoms with van der Waals surface area (Å²) in [4.78, 5) is 33.0. The second-order valence-electron chi connectivity index (χ2n) is 7.35. The van der Waals surface area contributed by atoms with Crippen LogP contribution in [0, 0.1) is 0 Å². The lowest BCUT2D eigenvalue weighted by molar-refractivity contribution is -0.898. The van der Waals surface area contributed by atoms with Gasteiger partial charge in [0.2, 0.25) is 5.91 Å². The number of H-pyrrole nitrogens is 1. The van der Waals surface area contributed by atoms with Crippen LogP contribution in [0.2, 0.25) is 0 Å². The lowest BCUT2D eigenvalue weighted by Crippen LogP contribution is -3.14. The largest absolute Gasteiger partial charge is 0.366 e. The van der Waals surface area contributed by atoms with Crippen LogP contribution in [0.15, 0.2) is 48.5 Å². The number of amides is 2. The molecule has 2 heterocycles. The highest BCUT2D eigenvalue weighted by atomic mass is 16.2. The molecule has 0 radical (unpaired) electrons. The normalized spacial score (nSPS) is 19.4. The predicted molar refractivity (Wildman–Crippen MR) is 107 cm³/mol. The fraction of sp³-hybridized carbons (Fsp3) is 0.286. The molecule has 1 aliphatic heterocycles. The smallest absolute Gasteiger partial charge is 0.279 e. The third kappa shape index (κ3) is 4.04. The molecule has 7 nitrogen and oxygen atoms in total. The minimum Gasteiger partial charge on any atom is -0.366 e. The lowest BCUT2D eigenvalue weighted by Gasteiger charge is -2.28. The van der Waals surface area contributed by atoms with Gasteiger partial charge in [-0.25, -0.2) is 4.98 Å². The van der Waals surface area contributed by atoms with E-state index in [1.54, 1.807) is 24.3 Å². The van der Waals surface area contributed by atoms with E-state index in [2.05, 4.69) is 10.3 Å². The summed E-state index contributed by atoms with van der Waals surface area (Å²) in [7, 11) is 0. The number of nitrogens with zero attached hydrogens (tertiary/aromatic N) is 1. The van der Waals surface area contributed by atoms with Crippen LogP contribution >= 0.6 is 0 Å². The van der Waals surface area contributed by atoms with E-state index >= 15 is 0 Å². The van der Waals surface area contributed by atoms with Gasteiger partial charge in [-0.15, -0.1) is 0 Å². The van der Waals surface area contributed by atoms with E-state index < -0.39 is 5.91 Å². The summed E-state index contributed by atoms with van der Waals surface area (Å²) in [5.41, 5.74) is 8.37. The number of carbonyl (C=O) groups is 2. The van der Waals surface area contributed by atoms with Crippen molar-refractivity contribution < 1.29 is 14.5 Å². The number of carbonyl (C=O) groups excluding carboxylic acids is 2. The molecule has 1 fully saturated rings. The maximum absolute atomic E-state index is 12.4. The molecular weight excluding hydrogens is 354 g/mol. The van der Waals surface area contributed by atoms with Crippen molar-refractivity contribution in [2.75, 3.05) is 25.0 Å². The number of nitrogens with one attached hydrogen (secondary N) is 3. The molecule has 4 rings (SSSR count). The average Bonchev–Trinajstić information content (AvgIpc) is 3.13. The van der Waals surface area contributed by atoms with Crippen molar-refractivity contribution in [1.82, 2.24) is 9.97 Å². The standard InChI is InChI=1S/C21H23N5O2/c22-20(28)14-7-9-16(10-8-14)23-19(27)13-26-11-3-4-15(12-26)21-24-17-5-1-2-6-18(17)25-21/h1-2,5-10,15H,3-4,11-13H2,(H2,22,28)(H,23,27)(H,24,25)/p+1/t15-/m1/s1. The Hall–Kier alpha value is -3.19. The first-order chi connectivity index (χ1) is 13.6. The fourth-order valence-electron chi connectivity index (χ4n) is 3.86. The number of nitrogens with two attached hydrogens (primary N) is 1. The van der Waals surface area contributed by atoms with Gasteiger partial charge in [-0.2, -0.15) is 0 Å². The van der Waals surface area contributed by atoms with Crippen LogP contribution in [0.3, 0.4) is 0 Å². The summed E-state index contributed by atoms with van der Waals surface area (Å²) in [6.45, 7) is 2.27. The number of fused-ring (bicyclic) bond motifs is 1. The number of benzene rings is 2. The molecule has 1 unspecified atom stereocenters. The van der Waals surface area contributed by atoms with Crippen LogP contribution in [0.1, 0.15) is 34.9 Å². The summed E-state index contributed by atoms with van der Waals surface area (Å²) in [6, 6.07) is 14.7. The molecule has 144 valence electrons. The third-order valence-corrected chi connectivity index (χ3v) is 5.28. The quantitative estimate of drug-likeness (QED) is 0.533. The monoisotopic (exact) mass is 378 g/mol. The number of hydrogen-bond donors (Lipinski definition) is 4. The number of anilines is 1. The molecule has 2 amide bonds. The molecule has 0 saturated carbocycles. The summed E-state index contributed by atoms with van der Waals surface area (Å²) in [5.74, 6) is 0.832. The number of imidazole rings is 1. The topological polar surface area (TPSA) is 105 Å². The Kier molecular flexibility index (Phi) is 5.08. The Morgan fingerprint density at radius 3 is 2.71 bits per heavy atom. The van der Waals surface area contributed by atoms with E-state index in [9.17, 15) is 9.59 Å². The Morgan fingerprint density at radius 2 is 1.96 bits per heavy atom. The average molecular weight is 378 g/mol. The van der Waals surface area contributed by atoms with E-state index in [1.165, 1.54) is 4.90 Å². The number of likely N-dealkylation sites (tertiary alicyclic amines) is 1. The molecule has 1 aliphatic rings. The van der Waals surface area contributed by atoms with Crippen LogP contribution in [0.25, 0.3) is 11.0 Å². The Morgan fingerprint density at radius 1 is 1.18 bits per heavy atom. The SMILES string of the molecule is NC(=O)c1ccc(NC(=O)C[NH+]2CCC[C@@H](c3nc4ccccc4[nH]3)C2)cc1. The molecule has 5 N–H and O–H groups in total. The van der Waals surface area contributed by atoms with Gasteiger partial charge in [0.15, 0.2) is 6.54 Å². The van der Waals surface area contributed by atoms with Crippen molar-refractivity contribution in [3.8, 4) is 0 Å². The highest BCUT2D eigenvalue weighted by molar-refractivity contribution is 5.95. The molecule has 1 saturated heterocycles. The van der Waals surface area contributed by atoms with E-state index in [0.29, 0.717) is 23.7 Å². The van der Waals surface area contributed by atoms with Gasteiger partial charge in [0.25, 0.3) is 5.91 Å². The zero-order valence-electron chi connectivity index (χ0n) is 15.6. The van der Waals surface area contributed by atoms with Gasteiger partial charge in [-0.05, 0) is 49.2 Å². The zero-order chi connectivity index (χ0) is 19.5. The summed E-state index contributed by atoms with van der Waals surface area (Å²) >= 11 is 0. The third-order valence-electron chi connectivity index (χ3n) is 5.28. The second kappa shape index (κ2) is 7.82. The number of rotatable bonds is 5.